The number of benzene rings is 2. The van der Waals surface area contributed by atoms with Crippen LogP contribution in [0.25, 0.3) is 0 Å². The predicted octanol–water partition coefficient (Wildman–Crippen LogP) is 3.08. The van der Waals surface area contributed by atoms with Crippen molar-refractivity contribution < 1.29 is 19.1 Å². The Labute approximate surface area is 165 Å². The zero-order chi connectivity index (χ0) is 19.0. The molecule has 140 valence electrons. The number of nitrogens with one attached hydrogen (secondary N) is 1. The van der Waals surface area contributed by atoms with E-state index in [2.05, 4.69) is 5.32 Å². The highest BCUT2D eigenvalue weighted by Crippen LogP contribution is 2.39. The average Bonchev–Trinajstić information content (AvgIpc) is 2.68. The highest BCUT2D eigenvalue weighted by molar-refractivity contribution is 6.33. The first-order valence-electron chi connectivity index (χ1n) is 8.48. The molecule has 0 aromatic heterocycles. The quantitative estimate of drug-likeness (QED) is 0.831. The van der Waals surface area contributed by atoms with Gasteiger partial charge in [-0.1, -0.05) is 41.4 Å². The van der Waals surface area contributed by atoms with Crippen molar-refractivity contribution in [2.45, 2.75) is 6.04 Å². The van der Waals surface area contributed by atoms with Crippen LogP contribution in [-0.2, 0) is 4.79 Å². The lowest BCUT2D eigenvalue weighted by molar-refractivity contribution is -0.128. The number of fused-ring (bicyclic) bond motifs is 1. The summed E-state index contributed by atoms with van der Waals surface area (Å²) in [6, 6.07) is 9.32. The van der Waals surface area contributed by atoms with Gasteiger partial charge in [0.2, 0.25) is 5.91 Å². The molecule has 0 saturated carbocycles. The van der Waals surface area contributed by atoms with Crippen molar-refractivity contribution in [3.05, 3.63) is 57.6 Å². The molecule has 4 rings (SSSR count). The maximum atomic E-state index is 13.2. The summed E-state index contributed by atoms with van der Waals surface area (Å²) in [6.45, 7) is 1.51. The molecule has 8 heteroatoms. The lowest BCUT2D eigenvalue weighted by Crippen LogP contribution is -2.52. The van der Waals surface area contributed by atoms with Crippen molar-refractivity contribution in [3.8, 4) is 11.5 Å². The molecule has 2 aliphatic heterocycles. The van der Waals surface area contributed by atoms with Crippen molar-refractivity contribution in [1.29, 1.82) is 0 Å². The fourth-order valence-corrected chi connectivity index (χ4v) is 3.80. The number of amides is 2. The molecule has 0 bridgehead atoms. The number of carbonyl (C=O) groups excluding carboxylic acids is 2. The Morgan fingerprint density at radius 3 is 2.70 bits per heavy atom. The van der Waals surface area contributed by atoms with Gasteiger partial charge in [-0.05, 0) is 18.2 Å². The maximum Gasteiger partial charge on any atom is 0.255 e. The zero-order valence-electron chi connectivity index (χ0n) is 14.2. The summed E-state index contributed by atoms with van der Waals surface area (Å²) in [7, 11) is 0. The molecule has 2 aliphatic rings. The van der Waals surface area contributed by atoms with Crippen LogP contribution in [-0.4, -0.2) is 43.0 Å². The van der Waals surface area contributed by atoms with Gasteiger partial charge in [-0.15, -0.1) is 0 Å². The lowest BCUT2D eigenvalue weighted by Gasteiger charge is -2.36. The van der Waals surface area contributed by atoms with Crippen molar-refractivity contribution in [1.82, 2.24) is 10.2 Å². The fraction of sp³-hybridized carbons (Fsp3) is 0.263. The first-order valence-corrected chi connectivity index (χ1v) is 9.24. The van der Waals surface area contributed by atoms with E-state index in [1.807, 2.05) is 0 Å². The van der Waals surface area contributed by atoms with Crippen LogP contribution < -0.4 is 14.8 Å². The summed E-state index contributed by atoms with van der Waals surface area (Å²) < 4.78 is 11.0. The van der Waals surface area contributed by atoms with E-state index in [0.29, 0.717) is 59.0 Å². The van der Waals surface area contributed by atoms with Crippen molar-refractivity contribution in [2.75, 3.05) is 26.3 Å². The van der Waals surface area contributed by atoms with Gasteiger partial charge in [0.1, 0.15) is 19.3 Å². The highest BCUT2D eigenvalue weighted by Gasteiger charge is 2.36. The number of ether oxygens (including phenoxy) is 2. The van der Waals surface area contributed by atoms with E-state index in [1.54, 1.807) is 30.3 Å². The average molecular weight is 407 g/mol. The molecule has 1 fully saturated rings. The van der Waals surface area contributed by atoms with Crippen LogP contribution in [0.15, 0.2) is 36.4 Å². The van der Waals surface area contributed by atoms with Gasteiger partial charge in [-0.25, -0.2) is 0 Å². The molecule has 2 aromatic carbocycles. The third-order valence-electron chi connectivity index (χ3n) is 4.52. The van der Waals surface area contributed by atoms with Crippen LogP contribution in [0.3, 0.4) is 0 Å². The monoisotopic (exact) mass is 406 g/mol. The van der Waals surface area contributed by atoms with Crippen LogP contribution in [0.4, 0.5) is 0 Å². The van der Waals surface area contributed by atoms with E-state index >= 15 is 0 Å². The van der Waals surface area contributed by atoms with Gasteiger partial charge in [0.25, 0.3) is 5.91 Å². The molecule has 0 radical (unpaired) electrons. The number of rotatable bonds is 2. The Hall–Kier alpha value is -2.44. The number of carbonyl (C=O) groups is 2. The third kappa shape index (κ3) is 3.31. The van der Waals surface area contributed by atoms with Crippen molar-refractivity contribution >= 4 is 35.0 Å². The van der Waals surface area contributed by atoms with E-state index < -0.39 is 6.04 Å². The van der Waals surface area contributed by atoms with Gasteiger partial charge >= 0.3 is 0 Å². The summed E-state index contributed by atoms with van der Waals surface area (Å²) in [5.41, 5.74) is 0.907. The van der Waals surface area contributed by atoms with Crippen LogP contribution >= 0.6 is 23.2 Å². The zero-order valence-corrected chi connectivity index (χ0v) is 15.7. The molecule has 6 nitrogen and oxygen atoms in total. The molecule has 0 spiro atoms. The first kappa shape index (κ1) is 17.9. The van der Waals surface area contributed by atoms with E-state index in [-0.39, 0.29) is 11.8 Å². The summed E-state index contributed by atoms with van der Waals surface area (Å²) in [6.07, 6.45) is 0. The molecule has 2 aromatic rings. The normalized spacial score (nSPS) is 18.8. The molecule has 1 saturated heterocycles. The van der Waals surface area contributed by atoms with Crippen LogP contribution in [0.5, 0.6) is 11.5 Å². The largest absolute Gasteiger partial charge is 0.486 e. The molecular formula is C19H16Cl2N2O4. The second-order valence-electron chi connectivity index (χ2n) is 6.20. The van der Waals surface area contributed by atoms with E-state index in [4.69, 9.17) is 32.7 Å². The minimum absolute atomic E-state index is 0.272. The van der Waals surface area contributed by atoms with E-state index in [0.717, 1.165) is 0 Å². The third-order valence-corrected chi connectivity index (χ3v) is 5.14. The number of halogens is 2. The van der Waals surface area contributed by atoms with Crippen molar-refractivity contribution in [2.24, 2.45) is 0 Å². The molecule has 1 N–H and O–H groups in total. The predicted molar refractivity (Wildman–Crippen MR) is 101 cm³/mol. The lowest BCUT2D eigenvalue weighted by atomic mass is 10.0. The van der Waals surface area contributed by atoms with Gasteiger partial charge < -0.3 is 19.7 Å². The Kier molecular flexibility index (Phi) is 4.85. The number of nitrogens with zero attached hydrogens (tertiary/aromatic N) is 1. The summed E-state index contributed by atoms with van der Waals surface area (Å²) in [4.78, 5) is 27.3. The van der Waals surface area contributed by atoms with E-state index in [9.17, 15) is 9.59 Å². The van der Waals surface area contributed by atoms with Gasteiger partial charge in [0.15, 0.2) is 11.5 Å². The minimum Gasteiger partial charge on any atom is -0.486 e. The molecule has 2 amide bonds. The van der Waals surface area contributed by atoms with Crippen LogP contribution in [0, 0.1) is 0 Å². The topological polar surface area (TPSA) is 67.9 Å². The van der Waals surface area contributed by atoms with Gasteiger partial charge in [-0.2, -0.15) is 0 Å². The Bertz CT molecular complexity index is 919. The minimum atomic E-state index is -0.813. The second-order valence-corrected chi connectivity index (χ2v) is 7.01. The van der Waals surface area contributed by atoms with Crippen LogP contribution in [0.2, 0.25) is 10.0 Å². The number of hydrogen-bond acceptors (Lipinski definition) is 4. The second kappa shape index (κ2) is 7.29. The smallest absolute Gasteiger partial charge is 0.255 e. The van der Waals surface area contributed by atoms with Gasteiger partial charge in [0, 0.05) is 29.2 Å². The van der Waals surface area contributed by atoms with Crippen molar-refractivity contribution in [3.63, 3.8) is 0 Å². The summed E-state index contributed by atoms with van der Waals surface area (Å²) in [5.74, 6) is 0.256. The summed E-state index contributed by atoms with van der Waals surface area (Å²) in [5, 5.41) is 3.52. The summed E-state index contributed by atoms with van der Waals surface area (Å²) >= 11 is 12.5. The number of hydrogen-bond donors (Lipinski definition) is 1. The molecule has 1 atom stereocenters. The molecule has 0 unspecified atom stereocenters. The molecule has 27 heavy (non-hydrogen) atoms. The maximum absolute atomic E-state index is 13.2. The number of piperazine rings is 1. The highest BCUT2D eigenvalue weighted by atomic mass is 35.5. The Balaban J connectivity index is 1.72. The van der Waals surface area contributed by atoms with E-state index in [1.165, 1.54) is 11.0 Å². The van der Waals surface area contributed by atoms with Gasteiger partial charge in [0.05, 0.1) is 5.02 Å². The fourth-order valence-electron chi connectivity index (χ4n) is 3.29. The van der Waals surface area contributed by atoms with Crippen LogP contribution in [0.1, 0.15) is 22.0 Å². The van der Waals surface area contributed by atoms with Gasteiger partial charge in [-0.3, -0.25) is 9.59 Å². The molecule has 0 aliphatic carbocycles. The SMILES string of the molecule is O=C1NCCN(C(=O)c2cc(Cl)c3c(c2)OCCO3)[C@@H]1c1ccccc1Cl. The Morgan fingerprint density at radius 1 is 1.11 bits per heavy atom. The standard InChI is InChI=1S/C19H16Cl2N2O4/c20-13-4-2-1-3-12(13)16-18(24)22-5-6-23(16)19(25)11-9-14(21)17-15(10-11)26-7-8-27-17/h1-4,9-10,16H,5-8H2,(H,22,24)/t16-/m1/s1. The first-order chi connectivity index (χ1) is 13.1. The molecule has 2 heterocycles. The molecular weight excluding hydrogens is 391 g/mol. The Morgan fingerprint density at radius 2 is 1.89 bits per heavy atom.